The monoisotopic (exact) mass is 699 g/mol. The third-order valence-corrected chi connectivity index (χ3v) is 11.6. The zero-order chi connectivity index (χ0) is 35.7. The zero-order valence-electron chi connectivity index (χ0n) is 29.4. The Morgan fingerprint density at radius 1 is 0.755 bits per heavy atom. The summed E-state index contributed by atoms with van der Waals surface area (Å²) < 4.78 is 4.92. The van der Waals surface area contributed by atoms with Gasteiger partial charge in [-0.25, -0.2) is 0 Å². The number of hydrogen-bond donors (Lipinski definition) is 1. The molecule has 3 nitrogen and oxygen atoms in total. The van der Waals surface area contributed by atoms with E-state index in [1.165, 1.54) is 42.2 Å². The first-order chi connectivity index (χ1) is 26.2. The lowest BCUT2D eigenvalue weighted by Gasteiger charge is -2.28. The number of rotatable bonds is 8. The molecular formula is C49H37N3S. The van der Waals surface area contributed by atoms with Crippen molar-refractivity contribution in [1.29, 1.82) is 5.26 Å². The number of para-hydroxylation sites is 3. The van der Waals surface area contributed by atoms with Crippen LogP contribution in [0.1, 0.15) is 35.3 Å². The highest BCUT2D eigenvalue weighted by Crippen LogP contribution is 2.45. The molecule has 4 heteroatoms. The molecule has 0 amide bonds. The summed E-state index contributed by atoms with van der Waals surface area (Å²) in [6.45, 7) is 2.08. The second-order valence-corrected chi connectivity index (χ2v) is 14.6. The van der Waals surface area contributed by atoms with Crippen molar-refractivity contribution < 1.29 is 0 Å². The number of thiophene rings is 1. The van der Waals surface area contributed by atoms with Crippen molar-refractivity contribution in [2.45, 2.75) is 19.4 Å². The van der Waals surface area contributed by atoms with Gasteiger partial charge in [-0.2, -0.15) is 5.26 Å². The molecule has 9 rings (SSSR count). The Morgan fingerprint density at radius 3 is 2.36 bits per heavy atom. The fraction of sp³-hybridized carbons (Fsp3) is 0.0816. The van der Waals surface area contributed by atoms with Crippen LogP contribution in [0.25, 0.3) is 53.9 Å². The largest absolute Gasteiger partial charge is 0.355 e. The Bertz CT molecular complexity index is 2770. The van der Waals surface area contributed by atoms with Crippen molar-refractivity contribution in [3.05, 3.63) is 192 Å². The summed E-state index contributed by atoms with van der Waals surface area (Å²) in [5.41, 5.74) is 11.5. The van der Waals surface area contributed by atoms with Gasteiger partial charge in [0.25, 0.3) is 0 Å². The quantitative estimate of drug-likeness (QED) is 0.171. The highest BCUT2D eigenvalue weighted by molar-refractivity contribution is 7.26. The molecule has 0 saturated heterocycles. The van der Waals surface area contributed by atoms with Crippen molar-refractivity contribution in [2.75, 3.05) is 5.32 Å². The van der Waals surface area contributed by atoms with Gasteiger partial charge in [0.1, 0.15) is 0 Å². The Labute approximate surface area is 314 Å². The fourth-order valence-electron chi connectivity index (χ4n) is 8.06. The van der Waals surface area contributed by atoms with E-state index in [0.717, 1.165) is 45.7 Å². The van der Waals surface area contributed by atoms with E-state index in [9.17, 15) is 5.26 Å². The highest BCUT2D eigenvalue weighted by Gasteiger charge is 2.32. The van der Waals surface area contributed by atoms with E-state index in [0.29, 0.717) is 0 Å². The van der Waals surface area contributed by atoms with Crippen LogP contribution in [0, 0.1) is 17.2 Å². The predicted octanol–water partition coefficient (Wildman–Crippen LogP) is 13.4. The molecule has 0 radical (unpaired) electrons. The van der Waals surface area contributed by atoms with Gasteiger partial charge in [-0.15, -0.1) is 11.3 Å². The molecule has 1 aliphatic carbocycles. The van der Waals surface area contributed by atoms with Gasteiger partial charge >= 0.3 is 0 Å². The summed E-state index contributed by atoms with van der Waals surface area (Å²) in [4.78, 5) is 0. The van der Waals surface area contributed by atoms with Crippen LogP contribution < -0.4 is 5.32 Å². The van der Waals surface area contributed by atoms with Crippen LogP contribution in [0.15, 0.2) is 170 Å². The van der Waals surface area contributed by atoms with Gasteiger partial charge in [0.2, 0.25) is 0 Å². The number of nitrogens with zero attached hydrogens (tertiary/aromatic N) is 2. The molecule has 53 heavy (non-hydrogen) atoms. The first-order valence-electron chi connectivity index (χ1n) is 18.2. The predicted molar refractivity (Wildman–Crippen MR) is 226 cm³/mol. The van der Waals surface area contributed by atoms with Gasteiger partial charge in [-0.3, -0.25) is 0 Å². The van der Waals surface area contributed by atoms with Crippen molar-refractivity contribution in [3.63, 3.8) is 0 Å². The van der Waals surface area contributed by atoms with Crippen molar-refractivity contribution in [2.24, 2.45) is 5.92 Å². The zero-order valence-corrected chi connectivity index (χ0v) is 30.2. The molecule has 254 valence electrons. The van der Waals surface area contributed by atoms with Gasteiger partial charge in [0.05, 0.1) is 18.0 Å². The fourth-order valence-corrected chi connectivity index (χ4v) is 9.29. The average Bonchev–Trinajstić information content (AvgIpc) is 3.74. The van der Waals surface area contributed by atoms with Crippen LogP contribution in [0.5, 0.6) is 0 Å². The van der Waals surface area contributed by atoms with Gasteiger partial charge in [-0.1, -0.05) is 140 Å². The van der Waals surface area contributed by atoms with E-state index in [1.807, 2.05) is 17.4 Å². The van der Waals surface area contributed by atoms with E-state index in [-0.39, 0.29) is 12.0 Å². The summed E-state index contributed by atoms with van der Waals surface area (Å²) in [7, 11) is 0. The molecule has 0 fully saturated rings. The normalized spacial score (nSPS) is 15.7. The number of benzene rings is 6. The number of anilines is 2. The Balaban J connectivity index is 1.12. The summed E-state index contributed by atoms with van der Waals surface area (Å²) in [5, 5.41) is 18.3. The van der Waals surface area contributed by atoms with E-state index >= 15 is 0 Å². The minimum absolute atomic E-state index is 0.184. The number of hydrogen-bond acceptors (Lipinski definition) is 3. The van der Waals surface area contributed by atoms with Crippen LogP contribution in [0.3, 0.4) is 0 Å². The molecule has 0 bridgehead atoms. The molecule has 6 aromatic carbocycles. The third-order valence-electron chi connectivity index (χ3n) is 10.4. The Kier molecular flexibility index (Phi) is 8.56. The molecule has 0 saturated carbocycles. The van der Waals surface area contributed by atoms with E-state index < -0.39 is 0 Å². The van der Waals surface area contributed by atoms with E-state index in [4.69, 9.17) is 0 Å². The summed E-state index contributed by atoms with van der Waals surface area (Å²) in [5.74, 6) is -0.375. The Hall–Kier alpha value is -6.41. The number of nitrogens with one attached hydrogen (secondary N) is 1. The van der Waals surface area contributed by atoms with Gasteiger partial charge < -0.3 is 9.88 Å². The van der Waals surface area contributed by atoms with Crippen molar-refractivity contribution in [3.8, 4) is 17.2 Å². The topological polar surface area (TPSA) is 40.8 Å². The maximum atomic E-state index is 11.0. The lowest BCUT2D eigenvalue weighted by atomic mass is 9.83. The van der Waals surface area contributed by atoms with Crippen LogP contribution >= 0.6 is 11.3 Å². The summed E-state index contributed by atoms with van der Waals surface area (Å²) in [6, 6.07) is 54.1. The minimum Gasteiger partial charge on any atom is -0.355 e. The minimum atomic E-state index is -0.375. The second kappa shape index (κ2) is 14.0. The van der Waals surface area contributed by atoms with Crippen LogP contribution in [-0.4, -0.2) is 4.57 Å². The molecular weight excluding hydrogens is 663 g/mol. The SMILES string of the molecule is C/C=C\c1c(Cc2cccc(-c3ccccc3Nc3ccccc3)c2)c2ccccc2n1C1C=CC=C(c2cccc3c2sc2ccccc23)C1C#N. The average molecular weight is 700 g/mol. The highest BCUT2D eigenvalue weighted by atomic mass is 32.1. The molecule has 0 spiro atoms. The first-order valence-corrected chi connectivity index (χ1v) is 19.0. The lowest BCUT2D eigenvalue weighted by Crippen LogP contribution is -2.21. The molecule has 2 heterocycles. The number of aromatic nitrogens is 1. The molecule has 2 aromatic heterocycles. The van der Waals surface area contributed by atoms with Crippen LogP contribution in [0.4, 0.5) is 11.4 Å². The molecule has 0 aliphatic heterocycles. The van der Waals surface area contributed by atoms with Gasteiger partial charge in [0.15, 0.2) is 0 Å². The first kappa shape index (κ1) is 32.5. The smallest absolute Gasteiger partial charge is 0.0962 e. The van der Waals surface area contributed by atoms with Crippen LogP contribution in [0.2, 0.25) is 0 Å². The Morgan fingerprint density at radius 2 is 1.49 bits per heavy atom. The maximum Gasteiger partial charge on any atom is 0.0962 e. The third kappa shape index (κ3) is 5.86. The van der Waals surface area contributed by atoms with Gasteiger partial charge in [0, 0.05) is 60.1 Å². The number of fused-ring (bicyclic) bond motifs is 4. The van der Waals surface area contributed by atoms with E-state index in [1.54, 1.807) is 0 Å². The van der Waals surface area contributed by atoms with Crippen molar-refractivity contribution >= 4 is 65.4 Å². The molecule has 2 unspecified atom stereocenters. The van der Waals surface area contributed by atoms with Crippen molar-refractivity contribution in [1.82, 2.24) is 4.57 Å². The molecule has 8 aromatic rings. The van der Waals surface area contributed by atoms with E-state index in [2.05, 4.69) is 193 Å². The summed E-state index contributed by atoms with van der Waals surface area (Å²) in [6.07, 6.45) is 11.6. The van der Waals surface area contributed by atoms with Crippen LogP contribution in [-0.2, 0) is 6.42 Å². The molecule has 2 atom stereocenters. The lowest BCUT2D eigenvalue weighted by molar-refractivity contribution is 0.553. The standard InChI is InChI=1S/C49H37N3S/c1-2-15-45-42(31-33-16-12-17-34(30-33)36-20-6-9-26-44(36)51-35-18-4-3-5-19-35)38-21-7-10-27-46(38)52(45)47-28-14-23-37(43(47)32-50)40-24-13-25-41-39-22-8-11-29-48(39)53-49(40)41/h2-30,43,47,51H,31H2,1H3/b15-2-. The molecule has 1 aliphatic rings. The maximum absolute atomic E-state index is 11.0. The number of nitriles is 1. The summed E-state index contributed by atoms with van der Waals surface area (Å²) >= 11 is 1.81. The number of allylic oxidation sites excluding steroid dienone is 5. The second-order valence-electron chi connectivity index (χ2n) is 13.5. The molecule has 1 N–H and O–H groups in total. The van der Waals surface area contributed by atoms with Gasteiger partial charge in [-0.05, 0) is 71.2 Å².